The molecule has 1 unspecified atom stereocenters. The Morgan fingerprint density at radius 2 is 0.372 bits per heavy atom. The molecular formula is C90H68N4. The highest BCUT2D eigenvalue weighted by Crippen LogP contribution is 2.43. The van der Waals surface area contributed by atoms with Gasteiger partial charge in [0, 0.05) is 74.2 Å². The molecule has 94 heavy (non-hydrogen) atoms. The van der Waals surface area contributed by atoms with Crippen LogP contribution in [0.3, 0.4) is 0 Å². The number of anilines is 11. The molecule has 448 valence electrons. The molecule has 0 amide bonds. The van der Waals surface area contributed by atoms with Gasteiger partial charge in [-0.05, 0) is 207 Å². The Kier molecular flexibility index (Phi) is 16.7. The zero-order chi connectivity index (χ0) is 62.8. The predicted octanol–water partition coefficient (Wildman–Crippen LogP) is 25.2. The second kappa shape index (κ2) is 27.1. The van der Waals surface area contributed by atoms with Gasteiger partial charge >= 0.3 is 0 Å². The van der Waals surface area contributed by atoms with Gasteiger partial charge in [-0.1, -0.05) is 255 Å². The molecule has 1 aliphatic carbocycles. The highest BCUT2D eigenvalue weighted by atomic mass is 15.2. The van der Waals surface area contributed by atoms with Crippen molar-refractivity contribution >= 4 is 62.6 Å². The van der Waals surface area contributed by atoms with Gasteiger partial charge in [-0.2, -0.15) is 0 Å². The average molecular weight is 1210 g/mol. The van der Waals surface area contributed by atoms with Crippen LogP contribution >= 0.6 is 0 Å². The van der Waals surface area contributed by atoms with Gasteiger partial charge in [0.05, 0.1) is 0 Å². The van der Waals surface area contributed by atoms with E-state index in [9.17, 15) is 0 Å². The van der Waals surface area contributed by atoms with Crippen LogP contribution in [0.1, 0.15) is 17.9 Å². The van der Waals surface area contributed by atoms with Crippen molar-refractivity contribution in [2.24, 2.45) is 0 Å². The summed E-state index contributed by atoms with van der Waals surface area (Å²) in [6, 6.07) is 135. The van der Waals surface area contributed by atoms with Crippen molar-refractivity contribution in [1.82, 2.24) is 0 Å². The number of para-hydroxylation sites is 4. The van der Waals surface area contributed by atoms with Gasteiger partial charge in [-0.3, -0.25) is 0 Å². The van der Waals surface area contributed by atoms with Crippen LogP contribution in [0.5, 0.6) is 0 Å². The second-order valence-electron chi connectivity index (χ2n) is 23.7. The van der Waals surface area contributed by atoms with E-state index in [0.29, 0.717) is 0 Å². The molecule has 0 radical (unpaired) electrons. The fraction of sp³-hybridized carbons (Fsp3) is 0.0222. The van der Waals surface area contributed by atoms with E-state index in [2.05, 4.69) is 414 Å². The number of benzene rings is 14. The zero-order valence-corrected chi connectivity index (χ0v) is 52.1. The van der Waals surface area contributed by atoms with E-state index in [-0.39, 0.29) is 5.92 Å². The number of allylic oxidation sites excluding steroid dienone is 3. The van der Waals surface area contributed by atoms with Crippen LogP contribution in [0.2, 0.25) is 0 Å². The lowest BCUT2D eigenvalue weighted by atomic mass is 9.91. The van der Waals surface area contributed by atoms with Crippen LogP contribution in [-0.4, -0.2) is 0 Å². The molecule has 4 heteroatoms. The topological polar surface area (TPSA) is 13.0 Å². The molecule has 1 atom stereocenters. The Hall–Kier alpha value is -12.2. The first-order valence-electron chi connectivity index (χ1n) is 32.3. The highest BCUT2D eigenvalue weighted by Gasteiger charge is 2.21. The molecule has 0 saturated heterocycles. The lowest BCUT2D eigenvalue weighted by Crippen LogP contribution is -2.17. The summed E-state index contributed by atoms with van der Waals surface area (Å²) >= 11 is 0. The van der Waals surface area contributed by atoms with E-state index >= 15 is 0 Å². The van der Waals surface area contributed by atoms with Gasteiger partial charge in [-0.25, -0.2) is 0 Å². The summed E-state index contributed by atoms with van der Waals surface area (Å²) in [5.41, 5.74) is 26.4. The normalized spacial score (nSPS) is 12.6. The first-order valence-corrected chi connectivity index (χ1v) is 32.3. The molecule has 1 aliphatic rings. The van der Waals surface area contributed by atoms with Crippen molar-refractivity contribution in [1.29, 1.82) is 0 Å². The average Bonchev–Trinajstić information content (AvgIpc) is 1.20. The minimum absolute atomic E-state index is 0.263. The van der Waals surface area contributed by atoms with Gasteiger partial charge in [0.2, 0.25) is 0 Å². The standard InChI is InChI=1S/C90H68N4/c1-7-19-67(20-8-1)71-35-51-83(52-36-71)91(79-23-11-3-12-24-79)87-59-43-75(44-60-87)77-47-63-89(64-48-77)93(81-27-15-5-16-28-81)85-55-39-73(40-56-85)69-31-33-70(34-32-69)74-41-57-86(58-42-74)94(82-29-17-6-18-30-82)90-65-49-78(50-66-90)76-45-61-88(62-46-76)92(80-25-13-4-14-26-80)84-53-37-72(38-54-84)68-21-9-2-10-22-68/h1-45,47-66,76H,46H2. The molecular weight excluding hydrogens is 1140 g/mol. The fourth-order valence-electron chi connectivity index (χ4n) is 12.9. The Morgan fingerprint density at radius 3 is 0.617 bits per heavy atom. The molecule has 0 spiro atoms. The SMILES string of the molecule is C1=CC(c2ccc(N(c3ccccc3)c3ccc(-c4ccc(-c5ccc(N(c6ccccc6)c6ccc(-c7ccc(N(c8ccccc8)c8ccc(-c9ccccc9)cc8)cc7)cc6)cc5)cc4)cc3)cc2)CC=C1N(c1ccccc1)c1ccc(-c2ccccc2)cc1. The molecule has 0 heterocycles. The Bertz CT molecular complexity index is 4810. The molecule has 14 aromatic rings. The first kappa shape index (κ1) is 58.2. The molecule has 14 aromatic carbocycles. The quantitative estimate of drug-likeness (QED) is 0.0849. The maximum absolute atomic E-state index is 2.38. The van der Waals surface area contributed by atoms with Crippen molar-refractivity contribution in [3.05, 3.63) is 406 Å². The molecule has 0 N–H and O–H groups in total. The summed E-state index contributed by atoms with van der Waals surface area (Å²) in [6.07, 6.45) is 7.94. The van der Waals surface area contributed by atoms with Gasteiger partial charge in [0.15, 0.2) is 0 Å². The summed E-state index contributed by atoms with van der Waals surface area (Å²) < 4.78 is 0. The number of rotatable bonds is 18. The summed E-state index contributed by atoms with van der Waals surface area (Å²) in [5.74, 6) is 0.263. The predicted molar refractivity (Wildman–Crippen MR) is 397 cm³/mol. The summed E-state index contributed by atoms with van der Waals surface area (Å²) in [7, 11) is 0. The van der Waals surface area contributed by atoms with Gasteiger partial charge in [0.25, 0.3) is 0 Å². The lowest BCUT2D eigenvalue weighted by molar-refractivity contribution is 0.840. The maximum Gasteiger partial charge on any atom is 0.0462 e. The third kappa shape index (κ3) is 12.7. The first-order chi connectivity index (χ1) is 46.6. The van der Waals surface area contributed by atoms with Gasteiger partial charge in [0.1, 0.15) is 0 Å². The molecule has 4 nitrogen and oxygen atoms in total. The van der Waals surface area contributed by atoms with E-state index in [0.717, 1.165) is 91.2 Å². The zero-order valence-electron chi connectivity index (χ0n) is 52.1. The van der Waals surface area contributed by atoms with Crippen molar-refractivity contribution < 1.29 is 0 Å². The van der Waals surface area contributed by atoms with E-state index < -0.39 is 0 Å². The van der Waals surface area contributed by atoms with Gasteiger partial charge in [-0.15, -0.1) is 0 Å². The van der Waals surface area contributed by atoms with Crippen molar-refractivity contribution in [3.63, 3.8) is 0 Å². The molecule has 0 aliphatic heterocycles. The Labute approximate surface area is 552 Å². The van der Waals surface area contributed by atoms with Crippen LogP contribution in [0.25, 0.3) is 55.6 Å². The maximum atomic E-state index is 2.38. The Balaban J connectivity index is 0.619. The van der Waals surface area contributed by atoms with Crippen molar-refractivity contribution in [2.75, 3.05) is 19.6 Å². The molecule has 15 rings (SSSR count). The van der Waals surface area contributed by atoms with E-state index in [1.54, 1.807) is 0 Å². The van der Waals surface area contributed by atoms with Crippen LogP contribution in [-0.2, 0) is 0 Å². The Morgan fingerprint density at radius 1 is 0.181 bits per heavy atom. The second-order valence-corrected chi connectivity index (χ2v) is 23.7. The fourth-order valence-corrected chi connectivity index (χ4v) is 12.9. The smallest absolute Gasteiger partial charge is 0.0462 e. The van der Waals surface area contributed by atoms with Crippen molar-refractivity contribution in [3.8, 4) is 55.6 Å². The van der Waals surface area contributed by atoms with E-state index in [4.69, 9.17) is 0 Å². The minimum atomic E-state index is 0.263. The summed E-state index contributed by atoms with van der Waals surface area (Å²) in [5, 5.41) is 0. The summed E-state index contributed by atoms with van der Waals surface area (Å²) in [6.45, 7) is 0. The minimum Gasteiger partial charge on any atom is -0.311 e. The molecule has 0 saturated carbocycles. The van der Waals surface area contributed by atoms with E-state index in [1.165, 1.54) is 44.6 Å². The van der Waals surface area contributed by atoms with Crippen molar-refractivity contribution in [2.45, 2.75) is 12.3 Å². The number of hydrogen-bond donors (Lipinski definition) is 0. The lowest BCUT2D eigenvalue weighted by Gasteiger charge is -2.29. The molecule has 0 bridgehead atoms. The van der Waals surface area contributed by atoms with Crippen LogP contribution in [0, 0.1) is 0 Å². The number of hydrogen-bond acceptors (Lipinski definition) is 4. The van der Waals surface area contributed by atoms with Gasteiger partial charge < -0.3 is 19.6 Å². The van der Waals surface area contributed by atoms with Crippen LogP contribution in [0.4, 0.5) is 62.6 Å². The summed E-state index contributed by atoms with van der Waals surface area (Å²) in [4.78, 5) is 9.35. The molecule has 0 aromatic heterocycles. The van der Waals surface area contributed by atoms with Crippen LogP contribution < -0.4 is 19.6 Å². The molecule has 0 fully saturated rings. The number of nitrogens with zero attached hydrogens (tertiary/aromatic N) is 4. The van der Waals surface area contributed by atoms with E-state index in [1.807, 2.05) is 0 Å². The highest BCUT2D eigenvalue weighted by molar-refractivity contribution is 5.84. The monoisotopic (exact) mass is 1200 g/mol. The third-order valence-corrected chi connectivity index (χ3v) is 17.8. The third-order valence-electron chi connectivity index (χ3n) is 17.8. The van der Waals surface area contributed by atoms with Crippen LogP contribution in [0.15, 0.2) is 400 Å². The largest absolute Gasteiger partial charge is 0.311 e.